The molecular weight excluding hydrogens is 280 g/mol. The Labute approximate surface area is 127 Å². The van der Waals surface area contributed by atoms with Gasteiger partial charge in [0.1, 0.15) is 12.1 Å². The highest BCUT2D eigenvalue weighted by Crippen LogP contribution is 2.10. The van der Waals surface area contributed by atoms with Crippen LogP contribution >= 0.6 is 0 Å². The number of pyridine rings is 1. The number of aryl methyl sites for hydroxylation is 1. The zero-order valence-electron chi connectivity index (χ0n) is 12.0. The Balaban J connectivity index is 1.63. The number of benzene rings is 1. The topological polar surface area (TPSA) is 85.6 Å². The van der Waals surface area contributed by atoms with Crippen LogP contribution in [0.25, 0.3) is 5.69 Å². The first-order valence-corrected chi connectivity index (χ1v) is 6.75. The number of carbonyl (C=O) groups excluding carboxylic acids is 1. The van der Waals surface area contributed by atoms with Crippen molar-refractivity contribution in [3.63, 3.8) is 0 Å². The molecule has 2 heterocycles. The SMILES string of the molecule is Cc1ccc(NC(=O)Cc2ccc(-n3cnnn3)cc2)nc1. The molecule has 0 radical (unpaired) electrons. The summed E-state index contributed by atoms with van der Waals surface area (Å²) in [5.74, 6) is 0.451. The molecule has 1 N–H and O–H groups in total. The molecule has 0 atom stereocenters. The third-order valence-electron chi connectivity index (χ3n) is 3.09. The number of aromatic nitrogens is 5. The van der Waals surface area contributed by atoms with Crippen LogP contribution in [0.5, 0.6) is 0 Å². The summed E-state index contributed by atoms with van der Waals surface area (Å²) in [5, 5.41) is 13.7. The standard InChI is InChI=1S/C15H14N6O/c1-11-2-7-14(16-9-11)18-15(22)8-12-3-5-13(6-4-12)21-10-17-19-20-21/h2-7,9-10H,8H2,1H3,(H,16,18,22). The zero-order chi connectivity index (χ0) is 15.4. The van der Waals surface area contributed by atoms with E-state index < -0.39 is 0 Å². The number of hydrogen-bond acceptors (Lipinski definition) is 5. The van der Waals surface area contributed by atoms with Crippen LogP contribution in [0.4, 0.5) is 5.82 Å². The van der Waals surface area contributed by atoms with E-state index >= 15 is 0 Å². The van der Waals surface area contributed by atoms with Gasteiger partial charge in [0.2, 0.25) is 5.91 Å². The van der Waals surface area contributed by atoms with Gasteiger partial charge in [-0.3, -0.25) is 4.79 Å². The molecule has 0 aliphatic carbocycles. The molecule has 0 spiro atoms. The molecule has 0 aliphatic heterocycles. The van der Waals surface area contributed by atoms with E-state index in [1.807, 2.05) is 37.3 Å². The van der Waals surface area contributed by atoms with E-state index in [0.717, 1.165) is 16.8 Å². The van der Waals surface area contributed by atoms with Gasteiger partial charge in [-0.15, -0.1) is 5.10 Å². The average Bonchev–Trinajstić information content (AvgIpc) is 3.05. The lowest BCUT2D eigenvalue weighted by atomic mass is 10.1. The quantitative estimate of drug-likeness (QED) is 0.789. The molecule has 0 saturated heterocycles. The third kappa shape index (κ3) is 3.32. The fraction of sp³-hybridized carbons (Fsp3) is 0.133. The van der Waals surface area contributed by atoms with Gasteiger partial charge < -0.3 is 5.32 Å². The summed E-state index contributed by atoms with van der Waals surface area (Å²) in [6.45, 7) is 1.95. The van der Waals surface area contributed by atoms with Crippen LogP contribution < -0.4 is 5.32 Å². The minimum absolute atomic E-state index is 0.105. The van der Waals surface area contributed by atoms with E-state index in [2.05, 4.69) is 25.8 Å². The molecule has 0 aliphatic rings. The van der Waals surface area contributed by atoms with Crippen molar-refractivity contribution in [1.82, 2.24) is 25.2 Å². The number of tetrazole rings is 1. The lowest BCUT2D eigenvalue weighted by Gasteiger charge is -2.05. The Hall–Kier alpha value is -3.09. The van der Waals surface area contributed by atoms with Crippen LogP contribution in [-0.2, 0) is 11.2 Å². The molecule has 1 aromatic carbocycles. The summed E-state index contributed by atoms with van der Waals surface area (Å²) in [5.41, 5.74) is 2.80. The van der Waals surface area contributed by atoms with Crippen molar-refractivity contribution in [2.75, 3.05) is 5.32 Å². The number of anilines is 1. The van der Waals surface area contributed by atoms with Gasteiger partial charge in [-0.05, 0) is 46.7 Å². The van der Waals surface area contributed by atoms with E-state index in [9.17, 15) is 4.79 Å². The van der Waals surface area contributed by atoms with Crippen LogP contribution in [0.1, 0.15) is 11.1 Å². The van der Waals surface area contributed by atoms with E-state index in [-0.39, 0.29) is 12.3 Å². The molecule has 22 heavy (non-hydrogen) atoms. The van der Waals surface area contributed by atoms with Crippen molar-refractivity contribution >= 4 is 11.7 Å². The number of rotatable bonds is 4. The predicted molar refractivity (Wildman–Crippen MR) is 80.5 cm³/mol. The number of hydrogen-bond donors (Lipinski definition) is 1. The maximum atomic E-state index is 12.0. The number of carbonyl (C=O) groups is 1. The molecule has 1 amide bonds. The second-order valence-corrected chi connectivity index (χ2v) is 4.87. The highest BCUT2D eigenvalue weighted by atomic mass is 16.1. The Kier molecular flexibility index (Phi) is 3.86. The summed E-state index contributed by atoms with van der Waals surface area (Å²) in [6, 6.07) is 11.2. The second-order valence-electron chi connectivity index (χ2n) is 4.87. The molecule has 3 aromatic rings. The Morgan fingerprint density at radius 3 is 2.64 bits per heavy atom. The van der Waals surface area contributed by atoms with E-state index in [1.54, 1.807) is 16.9 Å². The number of amides is 1. The molecule has 110 valence electrons. The maximum absolute atomic E-state index is 12.0. The van der Waals surface area contributed by atoms with Crippen molar-refractivity contribution in [3.8, 4) is 5.69 Å². The molecule has 2 aromatic heterocycles. The zero-order valence-corrected chi connectivity index (χ0v) is 12.0. The van der Waals surface area contributed by atoms with Gasteiger partial charge in [-0.2, -0.15) is 0 Å². The summed E-state index contributed by atoms with van der Waals surface area (Å²) in [7, 11) is 0. The van der Waals surface area contributed by atoms with E-state index in [4.69, 9.17) is 0 Å². The Morgan fingerprint density at radius 1 is 1.18 bits per heavy atom. The molecule has 0 fully saturated rings. The summed E-state index contributed by atoms with van der Waals surface area (Å²) < 4.78 is 1.56. The fourth-order valence-corrected chi connectivity index (χ4v) is 1.96. The number of nitrogens with one attached hydrogen (secondary N) is 1. The average molecular weight is 294 g/mol. The first kappa shape index (κ1) is 13.9. The normalized spacial score (nSPS) is 10.4. The van der Waals surface area contributed by atoms with Crippen LogP contribution in [0, 0.1) is 6.92 Å². The highest BCUT2D eigenvalue weighted by Gasteiger charge is 2.05. The van der Waals surface area contributed by atoms with Gasteiger partial charge in [-0.25, -0.2) is 9.67 Å². The molecule has 0 bridgehead atoms. The summed E-state index contributed by atoms with van der Waals surface area (Å²) in [4.78, 5) is 16.1. The molecule has 0 saturated carbocycles. The minimum atomic E-state index is -0.105. The van der Waals surface area contributed by atoms with Crippen LogP contribution in [0.2, 0.25) is 0 Å². The highest BCUT2D eigenvalue weighted by molar-refractivity contribution is 5.91. The predicted octanol–water partition coefficient (Wildman–Crippen LogP) is 1.55. The fourth-order valence-electron chi connectivity index (χ4n) is 1.96. The van der Waals surface area contributed by atoms with Crippen molar-refractivity contribution < 1.29 is 4.79 Å². The van der Waals surface area contributed by atoms with Gasteiger partial charge in [-0.1, -0.05) is 18.2 Å². The molecule has 7 nitrogen and oxygen atoms in total. The monoisotopic (exact) mass is 294 g/mol. The smallest absolute Gasteiger partial charge is 0.229 e. The van der Waals surface area contributed by atoms with Crippen LogP contribution in [-0.4, -0.2) is 31.1 Å². The lowest BCUT2D eigenvalue weighted by molar-refractivity contribution is -0.115. The lowest BCUT2D eigenvalue weighted by Crippen LogP contribution is -2.15. The molecule has 7 heteroatoms. The van der Waals surface area contributed by atoms with Crippen molar-refractivity contribution in [3.05, 3.63) is 60.0 Å². The van der Waals surface area contributed by atoms with Gasteiger partial charge >= 0.3 is 0 Å². The van der Waals surface area contributed by atoms with E-state index in [0.29, 0.717) is 5.82 Å². The molecule has 3 rings (SSSR count). The third-order valence-corrected chi connectivity index (χ3v) is 3.09. The molecule has 0 unspecified atom stereocenters. The largest absolute Gasteiger partial charge is 0.310 e. The molecular formula is C15H14N6O. The second kappa shape index (κ2) is 6.13. The minimum Gasteiger partial charge on any atom is -0.310 e. The number of nitrogens with zero attached hydrogens (tertiary/aromatic N) is 5. The maximum Gasteiger partial charge on any atom is 0.229 e. The van der Waals surface area contributed by atoms with Crippen LogP contribution in [0.3, 0.4) is 0 Å². The van der Waals surface area contributed by atoms with E-state index in [1.165, 1.54) is 6.33 Å². The Morgan fingerprint density at radius 2 is 2.00 bits per heavy atom. The van der Waals surface area contributed by atoms with Gasteiger partial charge in [0, 0.05) is 6.20 Å². The first-order valence-electron chi connectivity index (χ1n) is 6.75. The summed E-state index contributed by atoms with van der Waals surface area (Å²) in [6.07, 6.45) is 3.52. The summed E-state index contributed by atoms with van der Waals surface area (Å²) >= 11 is 0. The van der Waals surface area contributed by atoms with Gasteiger partial charge in [0.25, 0.3) is 0 Å². The van der Waals surface area contributed by atoms with Crippen molar-refractivity contribution in [2.45, 2.75) is 13.3 Å². The van der Waals surface area contributed by atoms with Gasteiger partial charge in [0.15, 0.2) is 0 Å². The Bertz CT molecular complexity index is 750. The van der Waals surface area contributed by atoms with Crippen molar-refractivity contribution in [1.29, 1.82) is 0 Å². The van der Waals surface area contributed by atoms with Crippen molar-refractivity contribution in [2.24, 2.45) is 0 Å². The van der Waals surface area contributed by atoms with Gasteiger partial charge in [0.05, 0.1) is 12.1 Å². The first-order chi connectivity index (χ1) is 10.7. The van der Waals surface area contributed by atoms with Crippen LogP contribution in [0.15, 0.2) is 48.9 Å².